The first-order valence-corrected chi connectivity index (χ1v) is 31.6. The van der Waals surface area contributed by atoms with Crippen LogP contribution in [0.3, 0.4) is 0 Å². The highest BCUT2D eigenvalue weighted by Gasteiger charge is 2.37. The summed E-state index contributed by atoms with van der Waals surface area (Å²) in [7, 11) is 0. The lowest BCUT2D eigenvalue weighted by atomic mass is 9.82. The highest BCUT2D eigenvalue weighted by atomic mass is 15.1. The van der Waals surface area contributed by atoms with E-state index in [1.54, 1.807) is 0 Å². The molecule has 0 saturated carbocycles. The molecule has 0 unspecified atom stereocenters. The maximum absolute atomic E-state index is 2.51. The van der Waals surface area contributed by atoms with Crippen LogP contribution in [0.4, 0.5) is 17.1 Å². The number of rotatable bonds is 10. The average Bonchev–Trinajstić information content (AvgIpc) is 1.62. The minimum absolute atomic E-state index is 0.319. The van der Waals surface area contributed by atoms with Gasteiger partial charge in [-0.1, -0.05) is 208 Å². The van der Waals surface area contributed by atoms with Gasteiger partial charge in [-0.25, -0.2) is 0 Å². The Balaban J connectivity index is 0.773. The van der Waals surface area contributed by atoms with E-state index in [0.29, 0.717) is 0 Å². The molecule has 0 saturated heterocycles. The smallest absolute Gasteiger partial charge is 0.0541 e. The first-order chi connectivity index (χ1) is 44.9. The summed E-state index contributed by atoms with van der Waals surface area (Å²) in [5, 5.41) is 7.39. The van der Waals surface area contributed by atoms with Crippen LogP contribution in [-0.2, 0) is 5.41 Å². The summed E-state index contributed by atoms with van der Waals surface area (Å²) in [5.74, 6) is 0. The molecule has 0 spiro atoms. The molecular formula is C87H60N4. The summed E-state index contributed by atoms with van der Waals surface area (Å²) in [5.41, 5.74) is 28.3. The molecule has 0 bridgehead atoms. The third-order valence-corrected chi connectivity index (χ3v) is 19.4. The Morgan fingerprint density at radius 2 is 0.527 bits per heavy atom. The van der Waals surface area contributed by atoms with E-state index >= 15 is 0 Å². The zero-order valence-corrected chi connectivity index (χ0v) is 50.5. The number of para-hydroxylation sites is 4. The van der Waals surface area contributed by atoms with Crippen LogP contribution in [0, 0.1) is 0 Å². The summed E-state index contributed by atoms with van der Waals surface area (Å²) in [6.45, 7) is 4.82. The number of nitrogens with zero attached hydrogens (tertiary/aromatic N) is 4. The molecular weight excluding hydrogens is 1100 g/mol. The van der Waals surface area contributed by atoms with Gasteiger partial charge in [0, 0.05) is 71.9 Å². The molecule has 14 aromatic carbocycles. The molecule has 0 radical (unpaired) electrons. The van der Waals surface area contributed by atoms with Crippen LogP contribution in [0.5, 0.6) is 0 Å². The number of anilines is 3. The Bertz CT molecular complexity index is 5400. The standard InChI is InChI=1S/C87H60N4/c1-87(2)79-55-69(88(67-39-31-59(32-40-67)57-19-7-3-8-20-57)68-41-33-60(34-42-68)58-21-9-4-10-22-58)43-45-71(79)72-46-44-70(56-80(72)87)91-85-49-37-63(61-35-47-83-75(51-61)73-27-15-17-29-81(73)89(83)65-23-11-5-12-24-65)53-77(85)78-54-64(38-50-86(78)91)62-36-48-84-76(52-62)74-28-16-18-30-82(74)90(84)66-25-13-6-14-26-66/h3-56H,1-2H3. The van der Waals surface area contributed by atoms with Gasteiger partial charge >= 0.3 is 0 Å². The molecule has 17 aromatic rings. The van der Waals surface area contributed by atoms with Gasteiger partial charge < -0.3 is 18.6 Å². The minimum atomic E-state index is -0.319. The van der Waals surface area contributed by atoms with Gasteiger partial charge in [-0.05, 0) is 200 Å². The molecule has 0 aliphatic heterocycles. The molecule has 4 heteroatoms. The minimum Gasteiger partial charge on any atom is -0.310 e. The summed E-state index contributed by atoms with van der Waals surface area (Å²) in [4.78, 5) is 2.41. The van der Waals surface area contributed by atoms with E-state index in [9.17, 15) is 0 Å². The lowest BCUT2D eigenvalue weighted by Crippen LogP contribution is -2.17. The number of hydrogen-bond acceptors (Lipinski definition) is 1. The molecule has 18 rings (SSSR count). The Kier molecular flexibility index (Phi) is 11.9. The lowest BCUT2D eigenvalue weighted by Gasteiger charge is -2.28. The fourth-order valence-electron chi connectivity index (χ4n) is 15.0. The molecule has 4 nitrogen and oxygen atoms in total. The molecule has 0 atom stereocenters. The van der Waals surface area contributed by atoms with Crippen LogP contribution in [-0.4, -0.2) is 13.7 Å². The van der Waals surface area contributed by atoms with Crippen molar-refractivity contribution in [1.29, 1.82) is 0 Å². The molecule has 0 N–H and O–H groups in total. The Morgan fingerprint density at radius 1 is 0.220 bits per heavy atom. The van der Waals surface area contributed by atoms with Gasteiger partial charge in [0.05, 0.1) is 33.1 Å². The number of aromatic nitrogens is 3. The molecule has 3 aromatic heterocycles. The maximum Gasteiger partial charge on any atom is 0.0541 e. The van der Waals surface area contributed by atoms with Crippen LogP contribution < -0.4 is 4.90 Å². The second kappa shape index (κ2) is 20.7. The van der Waals surface area contributed by atoms with Gasteiger partial charge in [0.15, 0.2) is 0 Å². The highest BCUT2D eigenvalue weighted by Crippen LogP contribution is 2.52. The van der Waals surface area contributed by atoms with Crippen molar-refractivity contribution in [2.24, 2.45) is 0 Å². The van der Waals surface area contributed by atoms with Gasteiger partial charge in [-0.3, -0.25) is 0 Å². The Labute approximate surface area is 528 Å². The van der Waals surface area contributed by atoms with E-state index in [2.05, 4.69) is 360 Å². The summed E-state index contributed by atoms with van der Waals surface area (Å²) in [6.07, 6.45) is 0. The fraction of sp³-hybridized carbons (Fsp3) is 0.0345. The van der Waals surface area contributed by atoms with Crippen molar-refractivity contribution < 1.29 is 0 Å². The van der Waals surface area contributed by atoms with E-state index in [1.165, 1.54) is 132 Å². The van der Waals surface area contributed by atoms with Crippen LogP contribution in [0.25, 0.3) is 138 Å². The number of fused-ring (bicyclic) bond motifs is 12. The second-order valence-electron chi connectivity index (χ2n) is 24.9. The Morgan fingerprint density at radius 3 is 0.956 bits per heavy atom. The predicted octanol–water partition coefficient (Wildman–Crippen LogP) is 23.4. The first-order valence-electron chi connectivity index (χ1n) is 31.6. The predicted molar refractivity (Wildman–Crippen MR) is 383 cm³/mol. The van der Waals surface area contributed by atoms with Crippen molar-refractivity contribution in [2.75, 3.05) is 4.90 Å². The van der Waals surface area contributed by atoms with Crippen molar-refractivity contribution >= 4 is 82.5 Å². The normalized spacial score (nSPS) is 12.6. The van der Waals surface area contributed by atoms with Crippen LogP contribution in [0.15, 0.2) is 328 Å². The van der Waals surface area contributed by atoms with E-state index in [0.717, 1.165) is 34.1 Å². The molecule has 3 heterocycles. The van der Waals surface area contributed by atoms with E-state index < -0.39 is 0 Å². The van der Waals surface area contributed by atoms with Crippen LogP contribution >= 0.6 is 0 Å². The van der Waals surface area contributed by atoms with E-state index in [-0.39, 0.29) is 5.41 Å². The van der Waals surface area contributed by atoms with Crippen molar-refractivity contribution in [2.45, 2.75) is 19.3 Å². The summed E-state index contributed by atoms with van der Waals surface area (Å²) < 4.78 is 7.30. The van der Waals surface area contributed by atoms with Gasteiger partial charge in [0.1, 0.15) is 0 Å². The summed E-state index contributed by atoms with van der Waals surface area (Å²) in [6, 6.07) is 121. The SMILES string of the molecule is CC1(C)c2cc(N(c3ccc(-c4ccccc4)cc3)c3ccc(-c4ccccc4)cc3)ccc2-c2ccc(-n3c4ccc(-c5ccc6c(c5)c5ccccc5n6-c5ccccc5)cc4c4cc(-c5ccc6c(c5)c5ccccc5n6-c5ccccc5)ccc43)cc21. The average molecular weight is 1160 g/mol. The number of benzene rings is 14. The van der Waals surface area contributed by atoms with Gasteiger partial charge in [0.2, 0.25) is 0 Å². The zero-order valence-electron chi connectivity index (χ0n) is 50.5. The highest BCUT2D eigenvalue weighted by molar-refractivity contribution is 6.15. The molecule has 0 amide bonds. The first kappa shape index (κ1) is 52.4. The second-order valence-corrected chi connectivity index (χ2v) is 24.9. The largest absolute Gasteiger partial charge is 0.310 e. The summed E-state index contributed by atoms with van der Waals surface area (Å²) >= 11 is 0. The van der Waals surface area contributed by atoms with Gasteiger partial charge in [-0.15, -0.1) is 0 Å². The van der Waals surface area contributed by atoms with Crippen molar-refractivity contribution in [3.63, 3.8) is 0 Å². The molecule has 1 aliphatic rings. The topological polar surface area (TPSA) is 18.0 Å². The van der Waals surface area contributed by atoms with E-state index in [1.807, 2.05) is 0 Å². The van der Waals surface area contributed by atoms with Crippen molar-refractivity contribution in [1.82, 2.24) is 13.7 Å². The van der Waals surface area contributed by atoms with Crippen molar-refractivity contribution in [3.8, 4) is 72.7 Å². The fourth-order valence-corrected chi connectivity index (χ4v) is 15.0. The molecule has 91 heavy (non-hydrogen) atoms. The van der Waals surface area contributed by atoms with Crippen LogP contribution in [0.1, 0.15) is 25.0 Å². The Hall–Kier alpha value is -11.7. The monoisotopic (exact) mass is 1160 g/mol. The maximum atomic E-state index is 2.51. The molecule has 428 valence electrons. The van der Waals surface area contributed by atoms with Crippen molar-refractivity contribution in [3.05, 3.63) is 339 Å². The lowest BCUT2D eigenvalue weighted by molar-refractivity contribution is 0.660. The third kappa shape index (κ3) is 8.44. The van der Waals surface area contributed by atoms with E-state index in [4.69, 9.17) is 0 Å². The van der Waals surface area contributed by atoms with Gasteiger partial charge in [-0.2, -0.15) is 0 Å². The zero-order chi connectivity index (χ0) is 60.3. The molecule has 1 aliphatic carbocycles. The van der Waals surface area contributed by atoms with Gasteiger partial charge in [0.25, 0.3) is 0 Å². The van der Waals surface area contributed by atoms with Crippen LogP contribution in [0.2, 0.25) is 0 Å². The quantitative estimate of drug-likeness (QED) is 0.133. The number of hydrogen-bond donors (Lipinski definition) is 0. The molecule has 0 fully saturated rings. The third-order valence-electron chi connectivity index (χ3n) is 19.4.